The number of ketones is 1. The lowest BCUT2D eigenvalue weighted by Crippen LogP contribution is -2.59. The number of nitrogens with one attached hydrogen (secondary N) is 4. The molecule has 0 aromatic carbocycles. The minimum Gasteiger partial charge on any atom is -0.350 e. The van der Waals surface area contributed by atoms with Gasteiger partial charge in [-0.05, 0) is 49.9 Å². The molecule has 3 aliphatic heterocycles. The Balaban J connectivity index is 1.75. The highest BCUT2D eigenvalue weighted by molar-refractivity contribution is 6.38. The third-order valence-corrected chi connectivity index (χ3v) is 9.92. The minimum absolute atomic E-state index is 0.0371. The number of hydrogen-bond donors (Lipinski definition) is 4. The molecule has 47 heavy (non-hydrogen) atoms. The van der Waals surface area contributed by atoms with Gasteiger partial charge in [0.2, 0.25) is 23.5 Å². The lowest BCUT2D eigenvalue weighted by atomic mass is 9.81. The van der Waals surface area contributed by atoms with Gasteiger partial charge in [-0.25, -0.2) is 4.79 Å². The first-order valence-corrected chi connectivity index (χ1v) is 17.9. The highest BCUT2D eigenvalue weighted by Crippen LogP contribution is 2.32. The molecule has 0 spiro atoms. The normalized spacial score (nSPS) is 25.7. The number of rotatable bonds is 7. The fourth-order valence-corrected chi connectivity index (χ4v) is 6.76. The van der Waals surface area contributed by atoms with Crippen LogP contribution >= 0.6 is 0 Å². The van der Waals surface area contributed by atoms with E-state index in [9.17, 15) is 28.8 Å². The summed E-state index contributed by atoms with van der Waals surface area (Å²) in [6.45, 7) is 13.7. The van der Waals surface area contributed by atoms with E-state index < -0.39 is 41.8 Å². The summed E-state index contributed by atoms with van der Waals surface area (Å²) in [6, 6.07) is -3.40. The van der Waals surface area contributed by atoms with Crippen LogP contribution in [0.5, 0.6) is 0 Å². The first kappa shape index (κ1) is 38.3. The van der Waals surface area contributed by atoms with Crippen LogP contribution in [0.25, 0.3) is 0 Å². The van der Waals surface area contributed by atoms with E-state index in [1.165, 1.54) is 4.90 Å². The predicted octanol–water partition coefficient (Wildman–Crippen LogP) is 3.42. The summed E-state index contributed by atoms with van der Waals surface area (Å²) in [5, 5.41) is 11.3. The molecule has 0 aliphatic carbocycles. The summed E-state index contributed by atoms with van der Waals surface area (Å²) in [6.07, 6.45) is 9.45. The number of likely N-dealkylation sites (tertiary alicyclic amines) is 1. The fraction of sp³-hybridized carbons (Fsp3) is 0.829. The largest absolute Gasteiger partial charge is 0.350 e. The monoisotopic (exact) mass is 660 g/mol. The molecule has 0 saturated carbocycles. The molecular formula is C35H60N6O6. The van der Waals surface area contributed by atoms with Crippen molar-refractivity contribution in [1.29, 1.82) is 0 Å². The Hall–Kier alpha value is -3.18. The summed E-state index contributed by atoms with van der Waals surface area (Å²) < 4.78 is 0. The summed E-state index contributed by atoms with van der Waals surface area (Å²) in [5.74, 6) is -2.08. The van der Waals surface area contributed by atoms with E-state index in [4.69, 9.17) is 0 Å². The van der Waals surface area contributed by atoms with Gasteiger partial charge in [0.25, 0.3) is 5.91 Å². The Morgan fingerprint density at radius 2 is 1.55 bits per heavy atom. The van der Waals surface area contributed by atoms with Crippen LogP contribution in [0.3, 0.4) is 0 Å². The zero-order valence-electron chi connectivity index (χ0n) is 29.7. The van der Waals surface area contributed by atoms with Crippen LogP contribution in [-0.4, -0.2) is 95.6 Å². The second-order valence-corrected chi connectivity index (χ2v) is 15.5. The Kier molecular flexibility index (Phi) is 14.1. The number of hydrogen-bond acceptors (Lipinski definition) is 6. The number of Topliss-reactive ketones (excluding diaryl/α,β-unsaturated/α-hetero) is 1. The SMILES string of the molecule is CCNC(=O)C(=O)[C@@H]1CCCCCCCCC[C@H](NC(=O)N[C@H](CN2CCC(C)(C)CC2=O)C(C)(C)C)C(=O)N2CCC[C@H]2C(=O)N1. The Bertz CT molecular complexity index is 1130. The smallest absolute Gasteiger partial charge is 0.315 e. The first-order valence-electron chi connectivity index (χ1n) is 17.9. The summed E-state index contributed by atoms with van der Waals surface area (Å²) >= 11 is 0. The third kappa shape index (κ3) is 11.5. The van der Waals surface area contributed by atoms with Gasteiger partial charge in [0.1, 0.15) is 12.1 Å². The number of nitrogens with zero attached hydrogens (tertiary/aromatic N) is 2. The van der Waals surface area contributed by atoms with Crippen LogP contribution in [0, 0.1) is 10.8 Å². The first-order chi connectivity index (χ1) is 22.1. The van der Waals surface area contributed by atoms with Crippen LogP contribution in [0.4, 0.5) is 4.79 Å². The van der Waals surface area contributed by atoms with Crippen molar-refractivity contribution in [2.24, 2.45) is 10.8 Å². The van der Waals surface area contributed by atoms with Gasteiger partial charge in [0.15, 0.2) is 0 Å². The number of fused-ring (bicyclic) bond motifs is 1. The third-order valence-electron chi connectivity index (χ3n) is 9.92. The number of amides is 6. The molecule has 3 aliphatic rings. The molecule has 4 atom stereocenters. The predicted molar refractivity (Wildman–Crippen MR) is 180 cm³/mol. The van der Waals surface area contributed by atoms with Gasteiger partial charge in [-0.3, -0.25) is 24.0 Å². The van der Waals surface area contributed by atoms with Crippen LogP contribution in [0.15, 0.2) is 0 Å². The lowest BCUT2D eigenvalue weighted by Gasteiger charge is -2.41. The molecule has 266 valence electrons. The van der Waals surface area contributed by atoms with Gasteiger partial charge in [-0.15, -0.1) is 0 Å². The highest BCUT2D eigenvalue weighted by Gasteiger charge is 2.40. The topological polar surface area (TPSA) is 157 Å². The maximum atomic E-state index is 14.0. The quantitative estimate of drug-likeness (QED) is 0.307. The second kappa shape index (κ2) is 17.3. The van der Waals surface area contributed by atoms with E-state index in [1.54, 1.807) is 6.92 Å². The van der Waals surface area contributed by atoms with Gasteiger partial charge in [-0.1, -0.05) is 79.6 Å². The van der Waals surface area contributed by atoms with E-state index in [2.05, 4.69) is 35.1 Å². The molecule has 12 heteroatoms. The standard InChI is InChI=1S/C35H60N6O6/c1-7-36-31(45)29(43)24-16-13-11-9-8-10-12-14-17-25(32(46)41-20-15-18-26(41)30(44)37-24)38-33(47)39-27(34(2,3)4)23-40-21-19-35(5,6)22-28(40)42/h24-27H,7-23H2,1-6H3,(H,36,45)(H,37,44)(H2,38,39,47)/t24-,25-,26-,27+/m0/s1. The molecule has 3 saturated heterocycles. The molecule has 0 unspecified atom stereocenters. The molecule has 12 nitrogen and oxygen atoms in total. The van der Waals surface area contributed by atoms with Crippen molar-refractivity contribution in [2.45, 2.75) is 149 Å². The summed E-state index contributed by atoms with van der Waals surface area (Å²) in [5.41, 5.74) is -0.389. The molecule has 0 aromatic rings. The lowest BCUT2D eigenvalue weighted by molar-refractivity contribution is -0.142. The van der Waals surface area contributed by atoms with Crippen molar-refractivity contribution in [3.8, 4) is 0 Å². The van der Waals surface area contributed by atoms with Crippen LogP contribution in [0.2, 0.25) is 0 Å². The van der Waals surface area contributed by atoms with E-state index in [0.29, 0.717) is 64.7 Å². The zero-order chi connectivity index (χ0) is 34.8. The molecule has 3 heterocycles. The number of carbonyl (C=O) groups is 6. The molecular weight excluding hydrogens is 600 g/mol. The van der Waals surface area contributed by atoms with Gasteiger partial charge >= 0.3 is 6.03 Å². The molecule has 0 aromatic heterocycles. The molecule has 0 radical (unpaired) electrons. The van der Waals surface area contributed by atoms with Crippen LogP contribution in [0.1, 0.15) is 125 Å². The number of likely N-dealkylation sites (N-methyl/N-ethyl adjacent to an activating group) is 1. The van der Waals surface area contributed by atoms with Gasteiger partial charge in [-0.2, -0.15) is 0 Å². The molecule has 3 fully saturated rings. The van der Waals surface area contributed by atoms with Crippen molar-refractivity contribution < 1.29 is 28.8 Å². The highest BCUT2D eigenvalue weighted by atomic mass is 16.2. The molecule has 0 bridgehead atoms. The average Bonchev–Trinajstić information content (AvgIpc) is 3.48. The van der Waals surface area contributed by atoms with Gasteiger partial charge < -0.3 is 31.1 Å². The Labute approximate surface area is 281 Å². The summed E-state index contributed by atoms with van der Waals surface area (Å²) in [4.78, 5) is 82.7. The van der Waals surface area contributed by atoms with Crippen molar-refractivity contribution in [1.82, 2.24) is 31.1 Å². The maximum absolute atomic E-state index is 14.0. The van der Waals surface area contributed by atoms with E-state index in [1.807, 2.05) is 25.7 Å². The van der Waals surface area contributed by atoms with Crippen molar-refractivity contribution >= 4 is 35.4 Å². The average molecular weight is 661 g/mol. The molecule has 4 N–H and O–H groups in total. The van der Waals surface area contributed by atoms with Crippen LogP contribution < -0.4 is 21.3 Å². The molecule has 6 amide bonds. The van der Waals surface area contributed by atoms with Gasteiger partial charge in [0.05, 0.1) is 12.1 Å². The van der Waals surface area contributed by atoms with Crippen LogP contribution in [-0.2, 0) is 24.0 Å². The van der Waals surface area contributed by atoms with E-state index in [0.717, 1.165) is 44.9 Å². The van der Waals surface area contributed by atoms with E-state index >= 15 is 0 Å². The number of piperidine rings is 1. The van der Waals surface area contributed by atoms with Crippen molar-refractivity contribution in [3.05, 3.63) is 0 Å². The minimum atomic E-state index is -0.952. The van der Waals surface area contributed by atoms with Gasteiger partial charge in [0, 0.05) is 32.6 Å². The van der Waals surface area contributed by atoms with Crippen molar-refractivity contribution in [2.75, 3.05) is 26.2 Å². The number of urea groups is 1. The Morgan fingerprint density at radius 1 is 0.915 bits per heavy atom. The zero-order valence-corrected chi connectivity index (χ0v) is 29.7. The molecule has 3 rings (SSSR count). The van der Waals surface area contributed by atoms with E-state index in [-0.39, 0.29) is 28.7 Å². The fourth-order valence-electron chi connectivity index (χ4n) is 6.76. The second-order valence-electron chi connectivity index (χ2n) is 15.5. The number of carbonyl (C=O) groups excluding carboxylic acids is 6. The van der Waals surface area contributed by atoms with Crippen molar-refractivity contribution in [3.63, 3.8) is 0 Å². The maximum Gasteiger partial charge on any atom is 0.315 e. The Morgan fingerprint density at radius 3 is 2.17 bits per heavy atom. The summed E-state index contributed by atoms with van der Waals surface area (Å²) in [7, 11) is 0.